The molecule has 0 unspecified atom stereocenters. The molecule has 0 spiro atoms. The third-order valence-electron chi connectivity index (χ3n) is 2.98. The number of nitro benzene ring substituents is 1. The predicted octanol–water partition coefficient (Wildman–Crippen LogP) is 4.26. The molecule has 2 aromatic carbocycles. The second kappa shape index (κ2) is 7.37. The molecule has 24 heavy (non-hydrogen) atoms. The molecule has 0 saturated carbocycles. The lowest BCUT2D eigenvalue weighted by atomic mass is 10.1. The number of anilines is 1. The molecular formula is C15H12Cl2N2O5. The zero-order valence-electron chi connectivity index (χ0n) is 12.4. The maximum absolute atomic E-state index is 12.5. The lowest BCUT2D eigenvalue weighted by Gasteiger charge is -2.13. The van der Waals surface area contributed by atoms with Crippen LogP contribution in [0.1, 0.15) is 17.3 Å². The lowest BCUT2D eigenvalue weighted by Crippen LogP contribution is -2.14. The largest absolute Gasteiger partial charge is 0.506 e. The van der Waals surface area contributed by atoms with E-state index in [4.69, 9.17) is 27.9 Å². The number of amides is 1. The topological polar surface area (TPSA) is 102 Å². The minimum Gasteiger partial charge on any atom is -0.506 e. The SMILES string of the molecule is CCOc1c(Cl)cc(Cl)cc1C(=O)Nc1cc([N+](=O)[O-])ccc1O. The summed E-state index contributed by atoms with van der Waals surface area (Å²) in [7, 11) is 0. The molecule has 0 aromatic heterocycles. The average Bonchev–Trinajstić information content (AvgIpc) is 2.51. The molecule has 0 atom stereocenters. The number of aromatic hydroxyl groups is 1. The number of phenols is 1. The van der Waals surface area contributed by atoms with Gasteiger partial charge in [0.15, 0.2) is 5.75 Å². The highest BCUT2D eigenvalue weighted by Crippen LogP contribution is 2.34. The van der Waals surface area contributed by atoms with Crippen LogP contribution in [0, 0.1) is 10.1 Å². The van der Waals surface area contributed by atoms with Crippen LogP contribution in [0.4, 0.5) is 11.4 Å². The summed E-state index contributed by atoms with van der Waals surface area (Å²) in [6.07, 6.45) is 0. The van der Waals surface area contributed by atoms with Crippen molar-refractivity contribution in [1.29, 1.82) is 0 Å². The van der Waals surface area contributed by atoms with E-state index >= 15 is 0 Å². The van der Waals surface area contributed by atoms with Crippen molar-refractivity contribution in [1.82, 2.24) is 0 Å². The van der Waals surface area contributed by atoms with Crippen molar-refractivity contribution in [3.63, 3.8) is 0 Å². The van der Waals surface area contributed by atoms with Gasteiger partial charge in [-0.3, -0.25) is 14.9 Å². The van der Waals surface area contributed by atoms with Gasteiger partial charge in [0.05, 0.1) is 27.8 Å². The third-order valence-corrected chi connectivity index (χ3v) is 3.48. The smallest absolute Gasteiger partial charge is 0.271 e. The number of carbonyl (C=O) groups is 1. The highest BCUT2D eigenvalue weighted by Gasteiger charge is 2.19. The first-order chi connectivity index (χ1) is 11.3. The van der Waals surface area contributed by atoms with Gasteiger partial charge in [0.1, 0.15) is 5.75 Å². The first-order valence-corrected chi connectivity index (χ1v) is 7.49. The Morgan fingerprint density at radius 2 is 2.04 bits per heavy atom. The molecule has 2 rings (SSSR count). The molecule has 2 aromatic rings. The van der Waals surface area contributed by atoms with Gasteiger partial charge in [-0.25, -0.2) is 0 Å². The Morgan fingerprint density at radius 1 is 1.33 bits per heavy atom. The van der Waals surface area contributed by atoms with Crippen molar-refractivity contribution in [2.45, 2.75) is 6.92 Å². The zero-order chi connectivity index (χ0) is 17.9. The van der Waals surface area contributed by atoms with Crippen LogP contribution in [0.3, 0.4) is 0 Å². The second-order valence-electron chi connectivity index (χ2n) is 4.61. The van der Waals surface area contributed by atoms with Crippen LogP contribution >= 0.6 is 23.2 Å². The number of nitrogens with zero attached hydrogens (tertiary/aromatic N) is 1. The van der Waals surface area contributed by atoms with Crippen molar-refractivity contribution in [3.05, 3.63) is 56.1 Å². The van der Waals surface area contributed by atoms with Crippen LogP contribution in [-0.4, -0.2) is 22.5 Å². The van der Waals surface area contributed by atoms with Crippen molar-refractivity contribution in [2.24, 2.45) is 0 Å². The molecule has 0 aliphatic heterocycles. The minimum absolute atomic E-state index is 0.0419. The molecular weight excluding hydrogens is 359 g/mol. The second-order valence-corrected chi connectivity index (χ2v) is 5.45. The summed E-state index contributed by atoms with van der Waals surface area (Å²) in [5.41, 5.74) is -0.356. The van der Waals surface area contributed by atoms with Crippen molar-refractivity contribution >= 4 is 40.5 Å². The number of rotatable bonds is 5. The highest BCUT2D eigenvalue weighted by atomic mass is 35.5. The maximum atomic E-state index is 12.5. The Hall–Kier alpha value is -2.51. The number of hydrogen-bond donors (Lipinski definition) is 2. The number of non-ortho nitro benzene ring substituents is 1. The van der Waals surface area contributed by atoms with Crippen LogP contribution in [0.5, 0.6) is 11.5 Å². The van der Waals surface area contributed by atoms with Crippen LogP contribution in [0.15, 0.2) is 30.3 Å². The normalized spacial score (nSPS) is 10.3. The summed E-state index contributed by atoms with van der Waals surface area (Å²) in [5, 5.41) is 23.3. The quantitative estimate of drug-likeness (QED) is 0.465. The molecule has 0 bridgehead atoms. The summed E-state index contributed by atoms with van der Waals surface area (Å²) in [6, 6.07) is 6.05. The summed E-state index contributed by atoms with van der Waals surface area (Å²) in [5.74, 6) is -0.871. The number of ether oxygens (including phenoxy) is 1. The van der Waals surface area contributed by atoms with Gasteiger partial charge in [0, 0.05) is 17.2 Å². The zero-order valence-corrected chi connectivity index (χ0v) is 13.9. The van der Waals surface area contributed by atoms with E-state index in [1.54, 1.807) is 6.92 Å². The third kappa shape index (κ3) is 3.87. The van der Waals surface area contributed by atoms with Gasteiger partial charge in [-0.1, -0.05) is 23.2 Å². The molecule has 0 aliphatic rings. The first kappa shape index (κ1) is 17.8. The average molecular weight is 371 g/mol. The Balaban J connectivity index is 2.40. The standard InChI is InChI=1S/C15H12Cl2N2O5/c1-2-24-14-10(5-8(16)6-11(14)17)15(21)18-12-7-9(19(22)23)3-4-13(12)20/h3-7,20H,2H2,1H3,(H,18,21). The van der Waals surface area contributed by atoms with E-state index in [-0.39, 0.29) is 45.1 Å². The number of nitro groups is 1. The number of phenolic OH excluding ortho intramolecular Hbond substituents is 1. The summed E-state index contributed by atoms with van der Waals surface area (Å²) in [4.78, 5) is 22.6. The van der Waals surface area contributed by atoms with Gasteiger partial charge in [-0.05, 0) is 25.1 Å². The number of hydrogen-bond acceptors (Lipinski definition) is 5. The van der Waals surface area contributed by atoms with Gasteiger partial charge in [-0.15, -0.1) is 0 Å². The fraction of sp³-hybridized carbons (Fsp3) is 0.133. The van der Waals surface area contributed by atoms with Crippen molar-refractivity contribution < 1.29 is 19.6 Å². The van der Waals surface area contributed by atoms with E-state index in [2.05, 4.69) is 5.32 Å². The monoisotopic (exact) mass is 370 g/mol. The van der Waals surface area contributed by atoms with E-state index < -0.39 is 10.8 Å². The van der Waals surface area contributed by atoms with E-state index in [0.717, 1.165) is 18.2 Å². The molecule has 0 fully saturated rings. The fourth-order valence-electron chi connectivity index (χ4n) is 1.95. The summed E-state index contributed by atoms with van der Waals surface area (Å²) >= 11 is 11.9. The Kier molecular flexibility index (Phi) is 5.48. The van der Waals surface area contributed by atoms with Crippen molar-refractivity contribution in [3.8, 4) is 11.5 Å². The van der Waals surface area contributed by atoms with E-state index in [1.807, 2.05) is 0 Å². The molecule has 0 saturated heterocycles. The highest BCUT2D eigenvalue weighted by molar-refractivity contribution is 6.36. The molecule has 7 nitrogen and oxygen atoms in total. The molecule has 9 heteroatoms. The van der Waals surface area contributed by atoms with Crippen LogP contribution in [-0.2, 0) is 0 Å². The number of nitrogens with one attached hydrogen (secondary N) is 1. The van der Waals surface area contributed by atoms with Gasteiger partial charge in [0.2, 0.25) is 0 Å². The minimum atomic E-state index is -0.682. The molecule has 0 radical (unpaired) electrons. The van der Waals surface area contributed by atoms with E-state index in [9.17, 15) is 20.0 Å². The molecule has 1 amide bonds. The lowest BCUT2D eigenvalue weighted by molar-refractivity contribution is -0.384. The fourth-order valence-corrected chi connectivity index (χ4v) is 2.50. The van der Waals surface area contributed by atoms with E-state index in [0.29, 0.717) is 0 Å². The van der Waals surface area contributed by atoms with Crippen molar-refractivity contribution in [2.75, 3.05) is 11.9 Å². The molecule has 0 heterocycles. The molecule has 126 valence electrons. The Bertz CT molecular complexity index is 811. The number of carbonyl (C=O) groups excluding carboxylic acids is 1. The Labute approximate surface area is 146 Å². The molecule has 0 aliphatic carbocycles. The Morgan fingerprint density at radius 3 is 2.67 bits per heavy atom. The number of benzene rings is 2. The first-order valence-electron chi connectivity index (χ1n) is 6.74. The van der Waals surface area contributed by atoms with Crippen LogP contribution in [0.25, 0.3) is 0 Å². The maximum Gasteiger partial charge on any atom is 0.271 e. The van der Waals surface area contributed by atoms with Gasteiger partial charge < -0.3 is 15.2 Å². The summed E-state index contributed by atoms with van der Waals surface area (Å²) in [6.45, 7) is 1.99. The van der Waals surface area contributed by atoms with Crippen LogP contribution in [0.2, 0.25) is 10.0 Å². The van der Waals surface area contributed by atoms with Gasteiger partial charge >= 0.3 is 0 Å². The number of halogens is 2. The van der Waals surface area contributed by atoms with Gasteiger partial charge in [0.25, 0.3) is 11.6 Å². The van der Waals surface area contributed by atoms with Crippen LogP contribution < -0.4 is 10.1 Å². The van der Waals surface area contributed by atoms with E-state index in [1.165, 1.54) is 12.1 Å². The predicted molar refractivity (Wildman–Crippen MR) is 90.3 cm³/mol. The summed E-state index contributed by atoms with van der Waals surface area (Å²) < 4.78 is 5.35. The van der Waals surface area contributed by atoms with Gasteiger partial charge in [-0.2, -0.15) is 0 Å². The molecule has 2 N–H and O–H groups in total.